The van der Waals surface area contributed by atoms with E-state index in [1.165, 1.54) is 16.3 Å². The number of pyridine rings is 1. The molecule has 5 aromatic heterocycles. The summed E-state index contributed by atoms with van der Waals surface area (Å²) in [6.07, 6.45) is 2.13. The van der Waals surface area contributed by atoms with Crippen molar-refractivity contribution in [3.05, 3.63) is 315 Å². The molecule has 0 amide bonds. The Morgan fingerprint density at radius 2 is 0.769 bits per heavy atom. The number of para-hydroxylation sites is 10. The number of aromatic nitrogens is 8. The van der Waals surface area contributed by atoms with E-state index in [0.717, 1.165) is 141 Å². The van der Waals surface area contributed by atoms with Gasteiger partial charge in [0.2, 0.25) is 5.69 Å². The summed E-state index contributed by atoms with van der Waals surface area (Å²) >= 11 is 0. The first kappa shape index (κ1) is 51.8. The van der Waals surface area contributed by atoms with Crippen molar-refractivity contribution in [2.75, 3.05) is 0 Å². The fourth-order valence-corrected chi connectivity index (χ4v) is 13.5. The van der Waals surface area contributed by atoms with Crippen LogP contribution in [0.15, 0.2) is 310 Å². The quantitative estimate of drug-likeness (QED) is 0.114. The molecule has 1 aliphatic heterocycles. The third-order valence-electron chi connectivity index (χ3n) is 17.6. The van der Waals surface area contributed by atoms with Crippen LogP contribution in [0.4, 0.5) is 0 Å². The molecule has 1 aliphatic rings. The number of imidazole rings is 3. The van der Waals surface area contributed by atoms with Gasteiger partial charge in [0.1, 0.15) is 40.5 Å². The highest BCUT2D eigenvalue weighted by Crippen LogP contribution is 2.43. The van der Waals surface area contributed by atoms with Crippen LogP contribution in [0, 0.1) is 0 Å². The lowest BCUT2D eigenvalue weighted by Gasteiger charge is -2.17. The molecule has 17 aromatic rings. The fraction of sp³-hybridized carbons (Fsp3) is 0.0123. The van der Waals surface area contributed by atoms with Crippen molar-refractivity contribution >= 4 is 54.9 Å². The number of hydrogen-bond acceptors (Lipinski definition) is 5. The zero-order chi connectivity index (χ0) is 59.9. The Kier molecular flexibility index (Phi) is 12.1. The molecule has 12 aromatic carbocycles. The second-order valence-electron chi connectivity index (χ2n) is 23.0. The molecule has 0 radical (unpaired) electrons. The van der Waals surface area contributed by atoms with Crippen molar-refractivity contribution in [1.29, 1.82) is 0 Å². The average Bonchev–Trinajstić information content (AvgIpc) is 1.78. The van der Waals surface area contributed by atoms with Crippen LogP contribution in [0.2, 0.25) is 0 Å². The van der Waals surface area contributed by atoms with Gasteiger partial charge in [-0.2, -0.15) is 4.57 Å². The van der Waals surface area contributed by atoms with Crippen molar-refractivity contribution < 1.29 is 14.0 Å². The zero-order valence-corrected chi connectivity index (χ0v) is 49.0. The van der Waals surface area contributed by atoms with Crippen LogP contribution in [-0.2, 0) is 6.54 Å². The Morgan fingerprint density at radius 3 is 1.32 bits per heavy atom. The van der Waals surface area contributed by atoms with Crippen LogP contribution in [0.1, 0.15) is 5.56 Å². The molecule has 428 valence electrons. The van der Waals surface area contributed by atoms with Gasteiger partial charge >= 0.3 is 0 Å². The summed E-state index contributed by atoms with van der Waals surface area (Å²) < 4.78 is 25.0. The molecule has 10 nitrogen and oxygen atoms in total. The van der Waals surface area contributed by atoms with Crippen LogP contribution in [-0.4, -0.2) is 33.2 Å². The van der Waals surface area contributed by atoms with Crippen molar-refractivity contribution in [3.8, 4) is 102 Å². The molecule has 18 rings (SSSR count). The standard InChI is InChI=1S/C81H53N8O2/c1-3-21-58(22-4-1)86-72-32-14-9-27-67(72)82-79(86)55-48-56(80-83-68-28-10-15-33-73(68)87(80)59-23-5-2-6-24-59)50-57(49-55)81-84-69-29-11-16-34-74(69)88(81)60-39-43-61(44-40-60)90-63-45-46-64(76(51-63)89-70-30-12-7-25-65(70)66-26-8-13-31-71(66)89)53-37-41-62(42-38-53)91-77-36-19-20-54-52-85-47-18-17-35-75(85)78(54)77/h1-51H,52H2/q+1. The first-order valence-electron chi connectivity index (χ1n) is 30.6. The number of hydrogen-bond donors (Lipinski definition) is 0. The molecular formula is C81H53N8O2+. The number of fused-ring (bicyclic) bond motifs is 9. The maximum absolute atomic E-state index is 6.95. The summed E-state index contributed by atoms with van der Waals surface area (Å²) in [4.78, 5) is 16.3. The van der Waals surface area contributed by atoms with E-state index in [1.54, 1.807) is 0 Å². The normalized spacial score (nSPS) is 11.9. The van der Waals surface area contributed by atoms with Crippen LogP contribution < -0.4 is 14.0 Å². The van der Waals surface area contributed by atoms with Crippen molar-refractivity contribution in [1.82, 2.24) is 33.2 Å². The molecule has 10 heteroatoms. The number of ether oxygens (including phenoxy) is 2. The summed E-state index contributed by atoms with van der Waals surface area (Å²) in [5.74, 6) is 5.37. The summed E-state index contributed by atoms with van der Waals surface area (Å²) in [6, 6.07) is 106. The molecule has 91 heavy (non-hydrogen) atoms. The maximum Gasteiger partial charge on any atom is 0.217 e. The maximum atomic E-state index is 6.95. The van der Waals surface area contributed by atoms with Crippen LogP contribution >= 0.6 is 0 Å². The lowest BCUT2D eigenvalue weighted by molar-refractivity contribution is -0.672. The minimum atomic E-state index is 0.689. The van der Waals surface area contributed by atoms with Gasteiger partial charge in [-0.05, 0) is 157 Å². The van der Waals surface area contributed by atoms with E-state index in [2.05, 4.69) is 290 Å². The Labute approximate surface area is 523 Å². The largest absolute Gasteiger partial charge is 0.457 e. The Hall–Kier alpha value is -12.4. The van der Waals surface area contributed by atoms with E-state index < -0.39 is 0 Å². The van der Waals surface area contributed by atoms with Gasteiger partial charge in [0.15, 0.2) is 12.7 Å². The van der Waals surface area contributed by atoms with Gasteiger partial charge in [0.05, 0.1) is 55.4 Å². The first-order valence-corrected chi connectivity index (χ1v) is 30.6. The third kappa shape index (κ3) is 8.79. The average molecular weight is 1170 g/mol. The van der Waals surface area contributed by atoms with Crippen LogP contribution in [0.25, 0.3) is 134 Å². The summed E-state index contributed by atoms with van der Waals surface area (Å²) in [5, 5.41) is 2.36. The van der Waals surface area contributed by atoms with Gasteiger partial charge in [-0.15, -0.1) is 0 Å². The molecule has 0 saturated heterocycles. The SMILES string of the molecule is c1ccc(-n2c(-c3cc(-c4nc5ccccc5n4-c4ccccc4)cc(-c4nc5ccccc5n4-c4ccc(Oc5ccc(-c6ccc(Oc7cccc8c7-c7cccc[n+]7C8)cc6)c(-n6c7ccccc7c7ccccc76)c5)cc4)c3)nc3ccccc32)cc1. The minimum absolute atomic E-state index is 0.689. The minimum Gasteiger partial charge on any atom is -0.457 e. The number of nitrogens with zero attached hydrogens (tertiary/aromatic N) is 8. The first-order chi connectivity index (χ1) is 45.1. The van der Waals surface area contributed by atoms with Crippen molar-refractivity contribution in [2.24, 2.45) is 0 Å². The van der Waals surface area contributed by atoms with Gasteiger partial charge in [0, 0.05) is 73.9 Å². The highest BCUT2D eigenvalue weighted by Gasteiger charge is 2.30. The van der Waals surface area contributed by atoms with Gasteiger partial charge in [-0.3, -0.25) is 13.7 Å². The summed E-state index contributed by atoms with van der Waals surface area (Å²) in [7, 11) is 0. The second kappa shape index (κ2) is 21.2. The second-order valence-corrected chi connectivity index (χ2v) is 23.0. The van der Waals surface area contributed by atoms with Crippen molar-refractivity contribution in [3.63, 3.8) is 0 Å². The smallest absolute Gasteiger partial charge is 0.217 e. The highest BCUT2D eigenvalue weighted by atomic mass is 16.5. The van der Waals surface area contributed by atoms with E-state index in [4.69, 9.17) is 24.4 Å². The Bertz CT molecular complexity index is 5500. The van der Waals surface area contributed by atoms with Crippen LogP contribution in [0.3, 0.4) is 0 Å². The van der Waals surface area contributed by atoms with Gasteiger partial charge in [0.25, 0.3) is 0 Å². The highest BCUT2D eigenvalue weighted by molar-refractivity contribution is 6.10. The molecular weight excluding hydrogens is 1120 g/mol. The Morgan fingerprint density at radius 1 is 0.319 bits per heavy atom. The van der Waals surface area contributed by atoms with Crippen LogP contribution in [0.5, 0.6) is 23.0 Å². The number of benzene rings is 12. The molecule has 0 spiro atoms. The molecule has 0 bridgehead atoms. The Balaban J connectivity index is 0.746. The monoisotopic (exact) mass is 1170 g/mol. The fourth-order valence-electron chi connectivity index (χ4n) is 13.5. The predicted octanol–water partition coefficient (Wildman–Crippen LogP) is 19.4. The molecule has 0 atom stereocenters. The van der Waals surface area contributed by atoms with E-state index in [-0.39, 0.29) is 0 Å². The molecule has 6 heterocycles. The van der Waals surface area contributed by atoms with E-state index in [0.29, 0.717) is 11.5 Å². The van der Waals surface area contributed by atoms with E-state index >= 15 is 0 Å². The lowest BCUT2D eigenvalue weighted by atomic mass is 10.0. The third-order valence-corrected chi connectivity index (χ3v) is 17.6. The molecule has 0 aliphatic carbocycles. The summed E-state index contributed by atoms with van der Waals surface area (Å²) in [6.45, 7) is 0.825. The van der Waals surface area contributed by atoms with Crippen molar-refractivity contribution in [2.45, 2.75) is 6.54 Å². The van der Waals surface area contributed by atoms with E-state index in [9.17, 15) is 0 Å². The topological polar surface area (TPSA) is 80.7 Å². The van der Waals surface area contributed by atoms with Gasteiger partial charge in [-0.1, -0.05) is 133 Å². The zero-order valence-electron chi connectivity index (χ0n) is 49.0. The predicted molar refractivity (Wildman–Crippen MR) is 364 cm³/mol. The summed E-state index contributed by atoms with van der Waals surface area (Å²) in [5.41, 5.74) is 20.1. The molecule has 0 saturated carbocycles. The van der Waals surface area contributed by atoms with Gasteiger partial charge < -0.3 is 14.0 Å². The molecule has 0 N–H and O–H groups in total. The molecule has 0 unspecified atom stereocenters. The van der Waals surface area contributed by atoms with E-state index in [1.807, 2.05) is 42.5 Å². The lowest BCUT2D eigenvalue weighted by Crippen LogP contribution is -2.31. The molecule has 0 fully saturated rings. The van der Waals surface area contributed by atoms with Gasteiger partial charge in [-0.25, -0.2) is 15.0 Å². The number of rotatable bonds is 12.